The van der Waals surface area contributed by atoms with E-state index in [2.05, 4.69) is 26.6 Å². The average Bonchev–Trinajstić information content (AvgIpc) is 2.90. The van der Waals surface area contributed by atoms with Crippen LogP contribution in [0, 0.1) is 5.92 Å². The van der Waals surface area contributed by atoms with E-state index in [9.17, 15) is 24.0 Å². The molecule has 0 saturated heterocycles. The Labute approximate surface area is 227 Å². The number of carbonyl (C=O) groups excluding carboxylic acids is 5. The zero-order valence-corrected chi connectivity index (χ0v) is 23.1. The molecule has 2 unspecified atom stereocenters. The van der Waals surface area contributed by atoms with Crippen molar-refractivity contribution >= 4 is 47.3 Å². The van der Waals surface area contributed by atoms with E-state index in [0.29, 0.717) is 37.1 Å². The van der Waals surface area contributed by atoms with Gasteiger partial charge in [0.05, 0.1) is 12.5 Å². The van der Waals surface area contributed by atoms with Crippen LogP contribution in [0.2, 0.25) is 0 Å². The lowest BCUT2D eigenvalue weighted by molar-refractivity contribution is -0.148. The van der Waals surface area contributed by atoms with Crippen LogP contribution in [0.25, 0.3) is 0 Å². The summed E-state index contributed by atoms with van der Waals surface area (Å²) in [4.78, 5) is 61.0. The Morgan fingerprint density at radius 1 is 0.974 bits per heavy atom. The van der Waals surface area contributed by atoms with Crippen LogP contribution in [-0.2, 0) is 35.3 Å². The summed E-state index contributed by atoms with van der Waals surface area (Å²) < 4.78 is 14.3. The van der Waals surface area contributed by atoms with Crippen molar-refractivity contribution in [3.8, 4) is 0 Å². The summed E-state index contributed by atoms with van der Waals surface area (Å²) in [5.74, 6) is -2.60. The van der Waals surface area contributed by atoms with Crippen LogP contribution in [0.5, 0.6) is 0 Å². The molecule has 0 bridgehead atoms. The van der Waals surface area contributed by atoms with E-state index in [1.54, 1.807) is 52.1 Å². The number of carbonyl (C=O) groups is 5. The second kappa shape index (κ2) is 18.2. The number of benzene rings is 1. The van der Waals surface area contributed by atoms with Crippen molar-refractivity contribution in [2.75, 3.05) is 31.2 Å². The minimum absolute atomic E-state index is 0.0762. The summed E-state index contributed by atoms with van der Waals surface area (Å²) in [6.07, 6.45) is 1.13. The van der Waals surface area contributed by atoms with Crippen molar-refractivity contribution in [2.45, 2.75) is 58.7 Å². The minimum atomic E-state index is -1.00. The van der Waals surface area contributed by atoms with Gasteiger partial charge in [-0.3, -0.25) is 24.0 Å². The first kappa shape index (κ1) is 32.9. The maximum absolute atomic E-state index is 12.9. The maximum atomic E-state index is 12.9. The number of rotatable bonds is 17. The second-order valence-corrected chi connectivity index (χ2v) is 9.39. The van der Waals surface area contributed by atoms with E-state index < -0.39 is 36.3 Å². The lowest BCUT2D eigenvalue weighted by Gasteiger charge is -2.20. The molecule has 0 aromatic heterocycles. The van der Waals surface area contributed by atoms with Gasteiger partial charge in [0, 0.05) is 17.9 Å². The second-order valence-electron chi connectivity index (χ2n) is 8.80. The highest BCUT2D eigenvalue weighted by molar-refractivity contribution is 7.93. The number of ether oxygens (including phenoxy) is 1. The van der Waals surface area contributed by atoms with Gasteiger partial charge < -0.3 is 35.9 Å². The third kappa shape index (κ3) is 12.9. The molecule has 0 radical (unpaired) electrons. The quantitative estimate of drug-likeness (QED) is 0.0935. The first-order valence-corrected chi connectivity index (χ1v) is 13.4. The Kier molecular flexibility index (Phi) is 15.7. The van der Waals surface area contributed by atoms with Crippen molar-refractivity contribution in [1.29, 1.82) is 0 Å². The molecule has 6 N–H and O–H groups in total. The Morgan fingerprint density at radius 3 is 2.21 bits per heavy atom. The van der Waals surface area contributed by atoms with E-state index in [0.717, 1.165) is 5.56 Å². The van der Waals surface area contributed by atoms with Gasteiger partial charge in [0.15, 0.2) is 0 Å². The molecule has 1 rings (SSSR count). The molecular formula is C25H39N5O7S. The smallest absolute Gasteiger partial charge is 0.308 e. The number of hydrogen-bond acceptors (Lipinski definition) is 9. The Morgan fingerprint density at radius 2 is 1.63 bits per heavy atom. The monoisotopic (exact) mass is 553 g/mol. The van der Waals surface area contributed by atoms with Crippen LogP contribution >= 0.6 is 12.0 Å². The van der Waals surface area contributed by atoms with E-state index >= 15 is 0 Å². The minimum Gasteiger partial charge on any atom is -0.461 e. The molecule has 1 aromatic rings. The number of amides is 4. The highest BCUT2D eigenvalue weighted by atomic mass is 32.2. The average molecular weight is 554 g/mol. The number of esters is 1. The predicted octanol–water partition coefficient (Wildman–Crippen LogP) is 1.03. The van der Waals surface area contributed by atoms with Crippen LogP contribution in [0.15, 0.2) is 24.3 Å². The van der Waals surface area contributed by atoms with Gasteiger partial charge in [-0.15, -0.1) is 0 Å². The van der Waals surface area contributed by atoms with Crippen LogP contribution < -0.4 is 26.6 Å². The molecule has 38 heavy (non-hydrogen) atoms. The zero-order valence-electron chi connectivity index (χ0n) is 22.3. The number of hydrogen-bond donors (Lipinski definition) is 6. The van der Waals surface area contributed by atoms with Crippen molar-refractivity contribution in [3.05, 3.63) is 29.8 Å². The lowest BCUT2D eigenvalue weighted by Crippen LogP contribution is -2.52. The molecular weight excluding hydrogens is 514 g/mol. The summed E-state index contributed by atoms with van der Waals surface area (Å²) in [5, 5.41) is 13.3. The summed E-state index contributed by atoms with van der Waals surface area (Å²) in [6, 6.07) is 4.94. The van der Waals surface area contributed by atoms with Crippen molar-refractivity contribution < 1.29 is 33.3 Å². The highest BCUT2D eigenvalue weighted by Gasteiger charge is 2.23. The Hall–Kier alpha value is -3.16. The Balaban J connectivity index is 2.71. The molecule has 4 amide bonds. The molecule has 0 aliphatic rings. The van der Waals surface area contributed by atoms with E-state index in [1.165, 1.54) is 0 Å². The fourth-order valence-corrected chi connectivity index (χ4v) is 3.46. The normalized spacial score (nSPS) is 12.3. The van der Waals surface area contributed by atoms with Crippen molar-refractivity contribution in [1.82, 2.24) is 21.3 Å². The van der Waals surface area contributed by atoms with Gasteiger partial charge in [0.25, 0.3) is 0 Å². The molecule has 1 aromatic carbocycles. The Bertz CT molecular complexity index is 927. The molecule has 0 spiro atoms. The molecule has 12 nitrogen and oxygen atoms in total. The molecule has 212 valence electrons. The summed E-state index contributed by atoms with van der Waals surface area (Å²) in [7, 11) is 1.78. The van der Waals surface area contributed by atoms with Gasteiger partial charge in [0.2, 0.25) is 23.6 Å². The molecule has 0 aliphatic carbocycles. The first-order valence-electron chi connectivity index (χ1n) is 12.4. The topological polar surface area (TPSA) is 175 Å². The summed E-state index contributed by atoms with van der Waals surface area (Å²) in [5.41, 5.74) is 1.27. The largest absolute Gasteiger partial charge is 0.461 e. The van der Waals surface area contributed by atoms with Gasteiger partial charge in [-0.1, -0.05) is 32.9 Å². The van der Waals surface area contributed by atoms with E-state index in [-0.39, 0.29) is 36.6 Å². The standard InChI is InChI=1S/C25H39N5O7S/c1-5-21(31)30-20(15-38-36)23(33)27-13-22(32)29-19(7-6-12-26-4)24(34)28-18-10-8-17(9-11-18)14-37-25(35)16(2)3/h8-11,16,19-20,26,36H,5-7,12-15H2,1-4H3,(H,27,33)(H,28,34)(H,29,32)(H,30,31). The summed E-state index contributed by atoms with van der Waals surface area (Å²) in [6.45, 7) is 5.48. The molecule has 0 saturated carbocycles. The van der Waals surface area contributed by atoms with E-state index in [4.69, 9.17) is 9.29 Å². The van der Waals surface area contributed by atoms with Gasteiger partial charge >= 0.3 is 5.97 Å². The first-order chi connectivity index (χ1) is 18.1. The molecule has 0 heterocycles. The zero-order chi connectivity index (χ0) is 28.5. The van der Waals surface area contributed by atoms with Crippen LogP contribution in [0.1, 0.15) is 45.6 Å². The highest BCUT2D eigenvalue weighted by Crippen LogP contribution is 2.12. The summed E-state index contributed by atoms with van der Waals surface area (Å²) >= 11 is 0.400. The van der Waals surface area contributed by atoms with Gasteiger partial charge in [0.1, 0.15) is 18.7 Å². The van der Waals surface area contributed by atoms with Crippen molar-refractivity contribution in [3.63, 3.8) is 0 Å². The maximum Gasteiger partial charge on any atom is 0.308 e. The van der Waals surface area contributed by atoms with Crippen LogP contribution in [0.3, 0.4) is 0 Å². The van der Waals surface area contributed by atoms with E-state index in [1.807, 2.05) is 0 Å². The number of nitrogens with one attached hydrogen (secondary N) is 5. The SMILES string of the molecule is CCC(=O)NC(CSO)C(=O)NCC(=O)NC(CCCNC)C(=O)Nc1ccc(COC(=O)C(C)C)cc1. The fraction of sp³-hybridized carbons (Fsp3) is 0.560. The van der Waals surface area contributed by atoms with Gasteiger partial charge in [-0.25, -0.2) is 0 Å². The van der Waals surface area contributed by atoms with Gasteiger partial charge in [-0.05, 0) is 56.2 Å². The van der Waals surface area contributed by atoms with Crippen LogP contribution in [-0.4, -0.2) is 72.1 Å². The van der Waals surface area contributed by atoms with Gasteiger partial charge in [-0.2, -0.15) is 0 Å². The fourth-order valence-electron chi connectivity index (χ4n) is 3.08. The third-order valence-electron chi connectivity index (χ3n) is 5.28. The van der Waals surface area contributed by atoms with Crippen molar-refractivity contribution in [2.24, 2.45) is 5.92 Å². The molecule has 2 atom stereocenters. The third-order valence-corrected chi connectivity index (χ3v) is 5.76. The molecule has 0 fully saturated rings. The van der Waals surface area contributed by atoms with Crippen LogP contribution in [0.4, 0.5) is 5.69 Å². The molecule has 0 aliphatic heterocycles. The number of anilines is 1. The predicted molar refractivity (Wildman–Crippen MR) is 145 cm³/mol. The molecule has 13 heteroatoms. The lowest BCUT2D eigenvalue weighted by atomic mass is 10.1.